The molecule has 2 saturated heterocycles. The number of hydrogen-bond donors (Lipinski definition) is 1. The van der Waals surface area contributed by atoms with E-state index in [2.05, 4.69) is 9.80 Å². The Labute approximate surface area is 144 Å². The fourth-order valence-electron chi connectivity index (χ4n) is 6.08. The minimum atomic E-state index is -0.648. The van der Waals surface area contributed by atoms with Gasteiger partial charge in [-0.1, -0.05) is 19.3 Å². The predicted octanol–water partition coefficient (Wildman–Crippen LogP) is 2.35. The van der Waals surface area contributed by atoms with E-state index in [1.54, 1.807) is 0 Å². The molecule has 2 unspecified atom stereocenters. The van der Waals surface area contributed by atoms with E-state index < -0.39 is 11.4 Å². The molecule has 0 spiro atoms. The lowest BCUT2D eigenvalue weighted by Gasteiger charge is -2.44. The second kappa shape index (κ2) is 6.32. The second-order valence-electron chi connectivity index (χ2n) is 8.56. The Morgan fingerprint density at radius 3 is 2.62 bits per heavy atom. The molecule has 1 amide bonds. The van der Waals surface area contributed by atoms with E-state index in [-0.39, 0.29) is 11.8 Å². The van der Waals surface area contributed by atoms with Crippen LogP contribution in [0.25, 0.3) is 0 Å². The van der Waals surface area contributed by atoms with Crippen LogP contribution in [0.2, 0.25) is 0 Å². The van der Waals surface area contributed by atoms with Crippen molar-refractivity contribution in [3.05, 3.63) is 0 Å². The van der Waals surface area contributed by atoms with E-state index in [1.807, 2.05) is 0 Å². The summed E-state index contributed by atoms with van der Waals surface area (Å²) in [5.74, 6) is 0.545. The molecule has 4 rings (SSSR count). The van der Waals surface area contributed by atoms with Gasteiger partial charge in [0.2, 0.25) is 5.91 Å². The summed E-state index contributed by atoms with van der Waals surface area (Å²) in [5, 5.41) is 9.71. The van der Waals surface area contributed by atoms with Crippen LogP contribution in [0.1, 0.15) is 57.8 Å². The van der Waals surface area contributed by atoms with Crippen molar-refractivity contribution in [2.45, 2.75) is 63.8 Å². The largest absolute Gasteiger partial charge is 0.481 e. The fourth-order valence-corrected chi connectivity index (χ4v) is 6.08. The summed E-state index contributed by atoms with van der Waals surface area (Å²) in [6, 6.07) is 0.454. The van der Waals surface area contributed by atoms with E-state index in [0.29, 0.717) is 25.0 Å². The highest BCUT2D eigenvalue weighted by molar-refractivity contribution is 5.80. The van der Waals surface area contributed by atoms with Crippen LogP contribution in [-0.4, -0.2) is 59.0 Å². The second-order valence-corrected chi connectivity index (χ2v) is 8.56. The third-order valence-corrected chi connectivity index (χ3v) is 7.29. The van der Waals surface area contributed by atoms with E-state index in [1.165, 1.54) is 25.7 Å². The van der Waals surface area contributed by atoms with Crippen LogP contribution < -0.4 is 0 Å². The number of nitrogens with zero attached hydrogens (tertiary/aromatic N) is 2. The predicted molar refractivity (Wildman–Crippen MR) is 90.5 cm³/mol. The molecule has 4 atom stereocenters. The first-order valence-corrected chi connectivity index (χ1v) is 9.85. The molecule has 2 aliphatic carbocycles. The summed E-state index contributed by atoms with van der Waals surface area (Å²) in [6.07, 6.45) is 10.2. The Morgan fingerprint density at radius 1 is 1.04 bits per heavy atom. The monoisotopic (exact) mass is 334 g/mol. The lowest BCUT2D eigenvalue weighted by molar-refractivity contribution is -0.150. The number of piperidine rings is 1. The lowest BCUT2D eigenvalue weighted by atomic mass is 9.78. The molecule has 4 aliphatic rings. The number of aliphatic carboxylic acids is 1. The molecule has 0 radical (unpaired) electrons. The maximum Gasteiger partial charge on any atom is 0.311 e. The Hall–Kier alpha value is -1.10. The molecule has 0 aromatic heterocycles. The van der Waals surface area contributed by atoms with Crippen LogP contribution in [0.5, 0.6) is 0 Å². The quantitative estimate of drug-likeness (QED) is 0.861. The van der Waals surface area contributed by atoms with Crippen molar-refractivity contribution < 1.29 is 14.7 Å². The normalized spacial score (nSPS) is 39.5. The van der Waals surface area contributed by atoms with Crippen molar-refractivity contribution in [2.24, 2.45) is 17.3 Å². The molecule has 0 aromatic carbocycles. The first-order chi connectivity index (χ1) is 11.6. The van der Waals surface area contributed by atoms with Gasteiger partial charge in [-0.15, -0.1) is 0 Å². The van der Waals surface area contributed by atoms with Crippen LogP contribution in [0.3, 0.4) is 0 Å². The Morgan fingerprint density at radius 2 is 1.83 bits per heavy atom. The van der Waals surface area contributed by atoms with Gasteiger partial charge in [0.25, 0.3) is 0 Å². The molecule has 5 nitrogen and oxygen atoms in total. The molecule has 0 bridgehead atoms. The molecule has 24 heavy (non-hydrogen) atoms. The van der Waals surface area contributed by atoms with Crippen LogP contribution in [-0.2, 0) is 9.59 Å². The first-order valence-electron chi connectivity index (χ1n) is 9.85. The van der Waals surface area contributed by atoms with Crippen molar-refractivity contribution in [1.82, 2.24) is 9.80 Å². The average Bonchev–Trinajstić information content (AvgIpc) is 3.12. The zero-order valence-electron chi connectivity index (χ0n) is 14.6. The highest BCUT2D eigenvalue weighted by atomic mass is 16.4. The van der Waals surface area contributed by atoms with Gasteiger partial charge in [0.1, 0.15) is 0 Å². The third kappa shape index (κ3) is 2.65. The van der Waals surface area contributed by atoms with E-state index in [9.17, 15) is 14.7 Å². The van der Waals surface area contributed by atoms with Gasteiger partial charge < -0.3 is 10.0 Å². The first kappa shape index (κ1) is 16.4. The zero-order valence-corrected chi connectivity index (χ0v) is 14.6. The molecule has 4 fully saturated rings. The van der Waals surface area contributed by atoms with E-state index >= 15 is 0 Å². The minimum absolute atomic E-state index is 0.242. The maximum absolute atomic E-state index is 12.9. The summed E-state index contributed by atoms with van der Waals surface area (Å²) in [4.78, 5) is 29.0. The molecule has 2 aliphatic heterocycles. The van der Waals surface area contributed by atoms with Crippen LogP contribution in [0.15, 0.2) is 0 Å². The molecule has 1 N–H and O–H groups in total. The molecule has 0 aromatic rings. The molecular weight excluding hydrogens is 304 g/mol. The minimum Gasteiger partial charge on any atom is -0.481 e. The highest BCUT2D eigenvalue weighted by Gasteiger charge is 2.55. The number of amides is 1. The number of carbonyl (C=O) groups excluding carboxylic acids is 1. The fraction of sp³-hybridized carbons (Fsp3) is 0.895. The van der Waals surface area contributed by atoms with Gasteiger partial charge >= 0.3 is 5.97 Å². The summed E-state index contributed by atoms with van der Waals surface area (Å²) in [6.45, 7) is 2.69. The van der Waals surface area contributed by atoms with Crippen LogP contribution in [0, 0.1) is 17.3 Å². The van der Waals surface area contributed by atoms with Crippen molar-refractivity contribution in [3.8, 4) is 0 Å². The average molecular weight is 334 g/mol. The van der Waals surface area contributed by atoms with Gasteiger partial charge in [-0.2, -0.15) is 0 Å². The molecule has 5 heteroatoms. The van der Waals surface area contributed by atoms with Gasteiger partial charge in [-0.25, -0.2) is 0 Å². The van der Waals surface area contributed by atoms with Gasteiger partial charge in [-0.3, -0.25) is 14.5 Å². The summed E-state index contributed by atoms with van der Waals surface area (Å²) >= 11 is 0. The molecule has 2 saturated carbocycles. The third-order valence-electron chi connectivity index (χ3n) is 7.29. The van der Waals surface area contributed by atoms with Crippen LogP contribution >= 0.6 is 0 Å². The zero-order chi connectivity index (χ0) is 16.7. The van der Waals surface area contributed by atoms with Gasteiger partial charge in [0, 0.05) is 25.7 Å². The van der Waals surface area contributed by atoms with Crippen LogP contribution in [0.4, 0.5) is 0 Å². The number of carboxylic acids is 1. The summed E-state index contributed by atoms with van der Waals surface area (Å²) in [7, 11) is 0. The number of likely N-dealkylation sites (tertiary alicyclic amines) is 2. The number of carbonyl (C=O) groups is 2. The SMILES string of the molecule is O=C(CN1C[C@@H]2CCC[C@@]2(C(=O)O)C1)N1CCCC2CCCCC21. The van der Waals surface area contributed by atoms with Crippen molar-refractivity contribution in [3.63, 3.8) is 0 Å². The topological polar surface area (TPSA) is 60.9 Å². The molecular formula is C19H30N2O3. The number of hydrogen-bond acceptors (Lipinski definition) is 3. The van der Waals surface area contributed by atoms with Crippen molar-refractivity contribution in [1.29, 1.82) is 0 Å². The Bertz CT molecular complexity index is 521. The number of carboxylic acid groups (broad SMARTS) is 1. The van der Waals surface area contributed by atoms with Crippen molar-refractivity contribution in [2.75, 3.05) is 26.2 Å². The Balaban J connectivity index is 1.40. The van der Waals surface area contributed by atoms with Gasteiger partial charge in [0.15, 0.2) is 0 Å². The van der Waals surface area contributed by atoms with Gasteiger partial charge in [-0.05, 0) is 50.4 Å². The Kier molecular flexibility index (Phi) is 4.31. The summed E-state index contributed by atoms with van der Waals surface area (Å²) in [5.41, 5.74) is -0.574. The standard InChI is InChI=1S/C19H30N2O3/c22-17(21-10-4-6-14-5-1-2-8-16(14)21)12-20-11-15-7-3-9-19(15,13-20)18(23)24/h14-16H,1-13H2,(H,23,24)/t14?,15-,16?,19+/m0/s1. The smallest absolute Gasteiger partial charge is 0.311 e. The van der Waals surface area contributed by atoms with E-state index in [0.717, 1.165) is 45.2 Å². The lowest BCUT2D eigenvalue weighted by Crippen LogP contribution is -2.52. The maximum atomic E-state index is 12.9. The van der Waals surface area contributed by atoms with Gasteiger partial charge in [0.05, 0.1) is 12.0 Å². The number of fused-ring (bicyclic) bond motifs is 2. The van der Waals surface area contributed by atoms with E-state index in [4.69, 9.17) is 0 Å². The molecule has 2 heterocycles. The highest BCUT2D eigenvalue weighted by Crippen LogP contribution is 2.48. The van der Waals surface area contributed by atoms with Crippen molar-refractivity contribution >= 4 is 11.9 Å². The number of rotatable bonds is 3. The summed E-state index contributed by atoms with van der Waals surface area (Å²) < 4.78 is 0. The molecule has 134 valence electrons.